The molecule has 0 spiro atoms. The second kappa shape index (κ2) is 7.24. The van der Waals surface area contributed by atoms with Gasteiger partial charge in [0.15, 0.2) is 0 Å². The monoisotopic (exact) mass is 388 g/mol. The Balaban J connectivity index is 1.31. The molecule has 2 aliphatic rings. The molecule has 148 valence electrons. The summed E-state index contributed by atoms with van der Waals surface area (Å²) in [5.74, 6) is 0. The number of para-hydroxylation sites is 1. The minimum absolute atomic E-state index is 0.389. The zero-order chi connectivity index (χ0) is 19.8. The Labute approximate surface area is 170 Å². The molecular weight excluding hydrogens is 364 g/mol. The third-order valence-electron chi connectivity index (χ3n) is 5.61. The SMILES string of the molecule is COc1ncc(-c2ccccc2N2CCN(C3=Cc4cc(C)nn4C3)CC2)cn1. The van der Waals surface area contributed by atoms with Crippen molar-refractivity contribution in [1.82, 2.24) is 24.6 Å². The molecule has 0 amide bonds. The van der Waals surface area contributed by atoms with E-state index in [-0.39, 0.29) is 0 Å². The Kier molecular flexibility index (Phi) is 4.42. The second-order valence-corrected chi connectivity index (χ2v) is 7.45. The zero-order valence-corrected chi connectivity index (χ0v) is 16.7. The van der Waals surface area contributed by atoms with Crippen LogP contribution < -0.4 is 9.64 Å². The van der Waals surface area contributed by atoms with E-state index in [9.17, 15) is 0 Å². The van der Waals surface area contributed by atoms with Gasteiger partial charge in [-0.25, -0.2) is 9.97 Å². The number of nitrogens with zero attached hydrogens (tertiary/aromatic N) is 6. The van der Waals surface area contributed by atoms with Crippen LogP contribution in [0.1, 0.15) is 11.4 Å². The predicted molar refractivity (Wildman–Crippen MR) is 113 cm³/mol. The van der Waals surface area contributed by atoms with Gasteiger partial charge in [-0.3, -0.25) is 4.68 Å². The fourth-order valence-electron chi connectivity index (χ4n) is 4.16. The van der Waals surface area contributed by atoms with Crippen LogP contribution in [-0.2, 0) is 6.54 Å². The first-order valence-electron chi connectivity index (χ1n) is 9.91. The van der Waals surface area contributed by atoms with Crippen molar-refractivity contribution >= 4 is 11.8 Å². The van der Waals surface area contributed by atoms with E-state index in [0.717, 1.165) is 49.5 Å². The van der Waals surface area contributed by atoms with Crippen LogP contribution in [0.15, 0.2) is 48.4 Å². The second-order valence-electron chi connectivity index (χ2n) is 7.45. The van der Waals surface area contributed by atoms with E-state index in [1.54, 1.807) is 7.11 Å². The highest BCUT2D eigenvalue weighted by molar-refractivity contribution is 5.78. The first kappa shape index (κ1) is 17.7. The Morgan fingerprint density at radius 2 is 1.69 bits per heavy atom. The maximum absolute atomic E-state index is 5.09. The molecule has 7 nitrogen and oxygen atoms in total. The number of benzene rings is 1. The van der Waals surface area contributed by atoms with E-state index >= 15 is 0 Å². The van der Waals surface area contributed by atoms with Crippen molar-refractivity contribution in [2.24, 2.45) is 0 Å². The number of rotatable bonds is 4. The molecule has 4 heterocycles. The van der Waals surface area contributed by atoms with Gasteiger partial charge in [-0.05, 0) is 25.1 Å². The minimum atomic E-state index is 0.389. The summed E-state index contributed by atoms with van der Waals surface area (Å²) in [5, 5.41) is 4.56. The van der Waals surface area contributed by atoms with Crippen LogP contribution in [0.5, 0.6) is 6.01 Å². The quantitative estimate of drug-likeness (QED) is 0.685. The number of anilines is 1. The first-order chi connectivity index (χ1) is 14.2. The molecule has 0 radical (unpaired) electrons. The first-order valence-corrected chi connectivity index (χ1v) is 9.91. The molecule has 1 saturated heterocycles. The largest absolute Gasteiger partial charge is 0.467 e. The van der Waals surface area contributed by atoms with Gasteiger partial charge in [0, 0.05) is 61.1 Å². The van der Waals surface area contributed by atoms with Crippen LogP contribution in [0, 0.1) is 6.92 Å². The third kappa shape index (κ3) is 3.33. The van der Waals surface area contributed by atoms with Crippen LogP contribution in [0.2, 0.25) is 0 Å². The van der Waals surface area contributed by atoms with Crippen molar-refractivity contribution in [2.45, 2.75) is 13.5 Å². The maximum Gasteiger partial charge on any atom is 0.316 e. The standard InChI is InChI=1S/C22H24N6O/c1-16-11-18-12-19(15-28(18)25-16)26-7-9-27(10-8-26)21-6-4-3-5-20(21)17-13-23-22(29-2)24-14-17/h3-6,11-14H,7-10,15H2,1-2H3. The molecule has 2 aromatic heterocycles. The molecule has 7 heteroatoms. The minimum Gasteiger partial charge on any atom is -0.467 e. The number of allylic oxidation sites excluding steroid dienone is 1. The maximum atomic E-state index is 5.09. The van der Waals surface area contributed by atoms with Gasteiger partial charge in [-0.2, -0.15) is 5.10 Å². The Hall–Kier alpha value is -3.35. The number of piperazine rings is 1. The molecule has 1 fully saturated rings. The smallest absolute Gasteiger partial charge is 0.316 e. The van der Waals surface area contributed by atoms with E-state index in [1.165, 1.54) is 17.1 Å². The fourth-order valence-corrected chi connectivity index (χ4v) is 4.16. The van der Waals surface area contributed by atoms with Gasteiger partial charge in [0.1, 0.15) is 0 Å². The van der Waals surface area contributed by atoms with Crippen molar-refractivity contribution in [2.75, 3.05) is 38.2 Å². The van der Waals surface area contributed by atoms with Gasteiger partial charge < -0.3 is 14.5 Å². The Bertz CT molecular complexity index is 1050. The summed E-state index contributed by atoms with van der Waals surface area (Å²) in [4.78, 5) is 13.5. The van der Waals surface area contributed by atoms with Gasteiger partial charge in [0.25, 0.3) is 0 Å². The van der Waals surface area contributed by atoms with Gasteiger partial charge in [-0.1, -0.05) is 18.2 Å². The summed E-state index contributed by atoms with van der Waals surface area (Å²) < 4.78 is 7.18. The van der Waals surface area contributed by atoms with Crippen molar-refractivity contribution in [3.05, 3.63) is 59.8 Å². The molecule has 2 aliphatic heterocycles. The van der Waals surface area contributed by atoms with E-state index in [4.69, 9.17) is 4.74 Å². The number of fused-ring (bicyclic) bond motifs is 1. The fraction of sp³-hybridized carbons (Fsp3) is 0.318. The van der Waals surface area contributed by atoms with E-state index in [1.807, 2.05) is 19.3 Å². The average Bonchev–Trinajstić information content (AvgIpc) is 3.31. The highest BCUT2D eigenvalue weighted by Gasteiger charge is 2.24. The highest BCUT2D eigenvalue weighted by Crippen LogP contribution is 2.32. The lowest BCUT2D eigenvalue weighted by Crippen LogP contribution is -2.46. The normalized spacial score (nSPS) is 16.0. The Morgan fingerprint density at radius 3 is 2.41 bits per heavy atom. The molecule has 0 atom stereocenters. The summed E-state index contributed by atoms with van der Waals surface area (Å²) >= 11 is 0. The van der Waals surface area contributed by atoms with Gasteiger partial charge >= 0.3 is 6.01 Å². The van der Waals surface area contributed by atoms with Gasteiger partial charge in [-0.15, -0.1) is 0 Å². The molecule has 1 aromatic carbocycles. The number of ether oxygens (including phenoxy) is 1. The molecule has 29 heavy (non-hydrogen) atoms. The summed E-state index contributed by atoms with van der Waals surface area (Å²) in [6.45, 7) is 6.89. The van der Waals surface area contributed by atoms with Gasteiger partial charge in [0.05, 0.1) is 25.0 Å². The van der Waals surface area contributed by atoms with E-state index in [2.05, 4.69) is 66.0 Å². The molecule has 0 unspecified atom stereocenters. The molecule has 0 aliphatic carbocycles. The molecule has 0 saturated carbocycles. The number of aromatic nitrogens is 4. The van der Waals surface area contributed by atoms with Crippen molar-refractivity contribution in [1.29, 1.82) is 0 Å². The molecule has 5 rings (SSSR count). The van der Waals surface area contributed by atoms with Crippen LogP contribution in [0.4, 0.5) is 5.69 Å². The van der Waals surface area contributed by atoms with Crippen LogP contribution >= 0.6 is 0 Å². The molecule has 0 N–H and O–H groups in total. The van der Waals surface area contributed by atoms with Crippen LogP contribution in [-0.4, -0.2) is 57.9 Å². The van der Waals surface area contributed by atoms with Crippen LogP contribution in [0.3, 0.4) is 0 Å². The summed E-state index contributed by atoms with van der Waals surface area (Å²) in [7, 11) is 1.58. The van der Waals surface area contributed by atoms with Crippen molar-refractivity contribution < 1.29 is 4.74 Å². The predicted octanol–water partition coefficient (Wildman–Crippen LogP) is 2.83. The van der Waals surface area contributed by atoms with E-state index in [0.29, 0.717) is 6.01 Å². The van der Waals surface area contributed by atoms with Crippen molar-refractivity contribution in [3.63, 3.8) is 0 Å². The molecular formula is C22H24N6O. The lowest BCUT2D eigenvalue weighted by molar-refractivity contribution is 0.309. The molecule has 0 bridgehead atoms. The Morgan fingerprint density at radius 1 is 0.966 bits per heavy atom. The van der Waals surface area contributed by atoms with E-state index < -0.39 is 0 Å². The third-order valence-corrected chi connectivity index (χ3v) is 5.61. The van der Waals surface area contributed by atoms with Gasteiger partial charge in [0.2, 0.25) is 0 Å². The number of methoxy groups -OCH3 is 1. The lowest BCUT2D eigenvalue weighted by atomic mass is 10.1. The number of hydrogen-bond acceptors (Lipinski definition) is 6. The summed E-state index contributed by atoms with van der Waals surface area (Å²) in [5.41, 5.74) is 7.04. The number of hydrogen-bond donors (Lipinski definition) is 0. The summed E-state index contributed by atoms with van der Waals surface area (Å²) in [6, 6.07) is 11.0. The lowest BCUT2D eigenvalue weighted by Gasteiger charge is -2.38. The summed E-state index contributed by atoms with van der Waals surface area (Å²) in [6.07, 6.45) is 5.93. The van der Waals surface area contributed by atoms with Crippen LogP contribution in [0.25, 0.3) is 17.2 Å². The zero-order valence-electron chi connectivity index (χ0n) is 16.7. The molecule has 3 aromatic rings. The number of aryl methyl sites for hydroxylation is 1. The van der Waals surface area contributed by atoms with Crippen molar-refractivity contribution in [3.8, 4) is 17.1 Å². The topological polar surface area (TPSA) is 59.3 Å². The average molecular weight is 388 g/mol. The highest BCUT2D eigenvalue weighted by atomic mass is 16.5.